The van der Waals surface area contributed by atoms with Crippen LogP contribution < -0.4 is 4.72 Å². The van der Waals surface area contributed by atoms with Gasteiger partial charge in [0.05, 0.1) is 6.61 Å². The predicted octanol–water partition coefficient (Wildman–Crippen LogP) is 1.06. The van der Waals surface area contributed by atoms with Gasteiger partial charge in [-0.2, -0.15) is 0 Å². The molecule has 1 unspecified atom stereocenters. The summed E-state index contributed by atoms with van der Waals surface area (Å²) in [7, 11) is -1.81. The van der Waals surface area contributed by atoms with E-state index in [2.05, 4.69) is 4.72 Å². The average Bonchev–Trinajstić information content (AvgIpc) is 2.54. The molecule has 0 aliphatic carbocycles. The van der Waals surface area contributed by atoms with Gasteiger partial charge in [-0.3, -0.25) is 0 Å². The standard InChI is InChI=1S/C8H13NO3S2/c1-7(6-12-2)9-14(10,11)8-4-3-5-13-8/h3-5,7,9H,6H2,1-2H3. The van der Waals surface area contributed by atoms with Crippen molar-refractivity contribution in [1.82, 2.24) is 4.72 Å². The zero-order valence-electron chi connectivity index (χ0n) is 8.06. The minimum absolute atomic E-state index is 0.216. The Morgan fingerprint density at radius 1 is 1.64 bits per heavy atom. The Labute approximate surface area is 88.0 Å². The van der Waals surface area contributed by atoms with Crippen LogP contribution in [-0.2, 0) is 14.8 Å². The molecule has 4 nitrogen and oxygen atoms in total. The zero-order valence-corrected chi connectivity index (χ0v) is 9.69. The Morgan fingerprint density at radius 2 is 2.36 bits per heavy atom. The molecule has 0 saturated carbocycles. The molecule has 0 amide bonds. The molecule has 0 aromatic carbocycles. The topological polar surface area (TPSA) is 55.4 Å². The van der Waals surface area contributed by atoms with Crippen molar-refractivity contribution >= 4 is 21.4 Å². The smallest absolute Gasteiger partial charge is 0.250 e. The Hall–Kier alpha value is -0.430. The van der Waals surface area contributed by atoms with Crippen LogP contribution in [0.1, 0.15) is 6.92 Å². The minimum atomic E-state index is -3.35. The molecule has 0 spiro atoms. The molecule has 1 N–H and O–H groups in total. The van der Waals surface area contributed by atoms with E-state index in [4.69, 9.17) is 4.74 Å². The molecule has 0 aliphatic rings. The number of sulfonamides is 1. The lowest BCUT2D eigenvalue weighted by Crippen LogP contribution is -2.35. The molecule has 1 rings (SSSR count). The Kier molecular flexibility index (Phi) is 4.06. The SMILES string of the molecule is COCC(C)NS(=O)(=O)c1cccs1. The lowest BCUT2D eigenvalue weighted by Gasteiger charge is -2.11. The molecule has 1 aromatic rings. The molecule has 14 heavy (non-hydrogen) atoms. The van der Waals surface area contributed by atoms with Crippen LogP contribution in [-0.4, -0.2) is 28.2 Å². The molecular weight excluding hydrogens is 222 g/mol. The highest BCUT2D eigenvalue weighted by atomic mass is 32.2. The molecule has 0 bridgehead atoms. The lowest BCUT2D eigenvalue weighted by atomic mass is 10.4. The Balaban J connectivity index is 2.68. The first-order chi connectivity index (χ1) is 6.56. The number of thiophene rings is 1. The van der Waals surface area contributed by atoms with E-state index >= 15 is 0 Å². The normalized spacial score (nSPS) is 14.1. The fraction of sp³-hybridized carbons (Fsp3) is 0.500. The molecule has 0 aliphatic heterocycles. The molecular formula is C8H13NO3S2. The number of nitrogens with one attached hydrogen (secondary N) is 1. The van der Waals surface area contributed by atoms with Gasteiger partial charge >= 0.3 is 0 Å². The number of methoxy groups -OCH3 is 1. The second-order valence-corrected chi connectivity index (χ2v) is 5.80. The number of hydrogen-bond donors (Lipinski definition) is 1. The summed E-state index contributed by atoms with van der Waals surface area (Å²) < 4.78 is 30.9. The van der Waals surface area contributed by atoms with Crippen LogP contribution in [0.25, 0.3) is 0 Å². The minimum Gasteiger partial charge on any atom is -0.383 e. The van der Waals surface area contributed by atoms with Gasteiger partial charge < -0.3 is 4.74 Å². The third-order valence-electron chi connectivity index (χ3n) is 1.53. The van der Waals surface area contributed by atoms with Crippen molar-refractivity contribution < 1.29 is 13.2 Å². The lowest BCUT2D eigenvalue weighted by molar-refractivity contribution is 0.180. The van der Waals surface area contributed by atoms with Gasteiger partial charge in [0.25, 0.3) is 0 Å². The van der Waals surface area contributed by atoms with Crippen molar-refractivity contribution in [3.05, 3.63) is 17.5 Å². The summed E-state index contributed by atoms with van der Waals surface area (Å²) in [5, 5.41) is 1.73. The summed E-state index contributed by atoms with van der Waals surface area (Å²) in [6, 6.07) is 3.07. The number of rotatable bonds is 5. The van der Waals surface area contributed by atoms with Crippen LogP contribution >= 0.6 is 11.3 Å². The van der Waals surface area contributed by atoms with Crippen molar-refractivity contribution in [2.75, 3.05) is 13.7 Å². The van der Waals surface area contributed by atoms with Gasteiger partial charge in [-0.15, -0.1) is 11.3 Å². The van der Waals surface area contributed by atoms with Crippen LogP contribution in [0.3, 0.4) is 0 Å². The van der Waals surface area contributed by atoms with Gasteiger partial charge in [0, 0.05) is 13.2 Å². The van der Waals surface area contributed by atoms with Crippen LogP contribution in [0.4, 0.5) is 0 Å². The largest absolute Gasteiger partial charge is 0.383 e. The van der Waals surface area contributed by atoms with E-state index in [0.29, 0.717) is 10.8 Å². The highest BCUT2D eigenvalue weighted by Crippen LogP contribution is 2.15. The van der Waals surface area contributed by atoms with Crippen LogP contribution in [0.15, 0.2) is 21.7 Å². The van der Waals surface area contributed by atoms with Crippen molar-refractivity contribution in [3.8, 4) is 0 Å². The van der Waals surface area contributed by atoms with Gasteiger partial charge in [0.2, 0.25) is 10.0 Å². The second-order valence-electron chi connectivity index (χ2n) is 2.91. The van der Waals surface area contributed by atoms with Gasteiger partial charge in [0.1, 0.15) is 4.21 Å². The Bertz CT molecular complexity index is 358. The molecule has 0 saturated heterocycles. The number of ether oxygens (including phenoxy) is 1. The summed E-state index contributed by atoms with van der Waals surface area (Å²) in [5.74, 6) is 0. The molecule has 80 valence electrons. The van der Waals surface area contributed by atoms with E-state index in [1.807, 2.05) is 0 Å². The van der Waals surface area contributed by atoms with Crippen molar-refractivity contribution in [2.24, 2.45) is 0 Å². The Morgan fingerprint density at radius 3 is 2.86 bits per heavy atom. The van der Waals surface area contributed by atoms with Gasteiger partial charge in [-0.1, -0.05) is 6.07 Å². The summed E-state index contributed by atoms with van der Waals surface area (Å²) in [5.41, 5.74) is 0. The van der Waals surface area contributed by atoms with Gasteiger partial charge in [-0.25, -0.2) is 13.1 Å². The van der Waals surface area contributed by atoms with Crippen LogP contribution in [0.2, 0.25) is 0 Å². The van der Waals surface area contributed by atoms with E-state index in [9.17, 15) is 8.42 Å². The van der Waals surface area contributed by atoms with Crippen molar-refractivity contribution in [3.63, 3.8) is 0 Å². The number of hydrogen-bond acceptors (Lipinski definition) is 4. The van der Waals surface area contributed by atoms with E-state index in [1.54, 1.807) is 24.4 Å². The van der Waals surface area contributed by atoms with E-state index in [0.717, 1.165) is 0 Å². The predicted molar refractivity (Wildman–Crippen MR) is 56.0 cm³/mol. The molecule has 0 fully saturated rings. The first-order valence-electron chi connectivity index (χ1n) is 4.11. The molecule has 0 radical (unpaired) electrons. The third kappa shape index (κ3) is 3.06. The molecule has 1 heterocycles. The van der Waals surface area contributed by atoms with Crippen LogP contribution in [0, 0.1) is 0 Å². The van der Waals surface area contributed by atoms with Crippen molar-refractivity contribution in [1.29, 1.82) is 0 Å². The molecule has 1 atom stereocenters. The first kappa shape index (κ1) is 11.6. The fourth-order valence-electron chi connectivity index (χ4n) is 1.02. The average molecular weight is 235 g/mol. The maximum absolute atomic E-state index is 11.6. The zero-order chi connectivity index (χ0) is 10.6. The fourth-order valence-corrected chi connectivity index (χ4v) is 3.26. The third-order valence-corrected chi connectivity index (χ3v) is 4.52. The quantitative estimate of drug-likeness (QED) is 0.830. The van der Waals surface area contributed by atoms with Crippen molar-refractivity contribution in [2.45, 2.75) is 17.2 Å². The highest BCUT2D eigenvalue weighted by Gasteiger charge is 2.17. The summed E-state index contributed by atoms with van der Waals surface area (Å²) in [4.78, 5) is 0. The summed E-state index contributed by atoms with van der Waals surface area (Å²) in [6.07, 6.45) is 0. The molecule has 6 heteroatoms. The van der Waals surface area contributed by atoms with Crippen LogP contribution in [0.5, 0.6) is 0 Å². The maximum atomic E-state index is 11.6. The van der Waals surface area contributed by atoms with Gasteiger partial charge in [0.15, 0.2) is 0 Å². The monoisotopic (exact) mass is 235 g/mol. The first-order valence-corrected chi connectivity index (χ1v) is 6.47. The molecule has 1 aromatic heterocycles. The van der Waals surface area contributed by atoms with Gasteiger partial charge in [-0.05, 0) is 18.4 Å². The van der Waals surface area contributed by atoms with E-state index in [1.165, 1.54) is 18.4 Å². The maximum Gasteiger partial charge on any atom is 0.250 e. The second kappa shape index (κ2) is 4.88. The summed E-state index contributed by atoms with van der Waals surface area (Å²) >= 11 is 1.20. The van der Waals surface area contributed by atoms with E-state index in [-0.39, 0.29) is 6.04 Å². The van der Waals surface area contributed by atoms with E-state index < -0.39 is 10.0 Å². The summed E-state index contributed by atoms with van der Waals surface area (Å²) in [6.45, 7) is 2.12. The highest BCUT2D eigenvalue weighted by molar-refractivity contribution is 7.91.